The molecule has 1 heterocycles. The highest BCUT2D eigenvalue weighted by Gasteiger charge is 2.33. The second-order valence-corrected chi connectivity index (χ2v) is 9.35. The Kier molecular flexibility index (Phi) is 6.41. The molecule has 0 amide bonds. The maximum Gasteiger partial charge on any atom is 0.573 e. The first-order valence-corrected chi connectivity index (χ1v) is 11.7. The smallest absolute Gasteiger partial charge is 0.406 e. The molecule has 0 saturated heterocycles. The number of ether oxygens (including phenoxy) is 1. The third-order valence-electron chi connectivity index (χ3n) is 5.25. The number of nitrogens with zero attached hydrogens (tertiary/aromatic N) is 1. The standard InChI is InChI=1S/C23H18F5N3O3S/c1-13(15-5-3-7-17(11-15)34-23(26,27)28)20-18(25)8-9-19-21(20)30-22(31-35(19,32)33)29-12-14-4-2-6-16(24)10-14/h2-11,13H,12H2,1H3,(H2,29,30,31)/t13-/m1/s1. The van der Waals surface area contributed by atoms with Gasteiger partial charge in [0, 0.05) is 11.5 Å². The Hall–Kier alpha value is -3.67. The molecule has 6 nitrogen and oxygen atoms in total. The lowest BCUT2D eigenvalue weighted by molar-refractivity contribution is -0.274. The molecule has 3 aromatic rings. The molecule has 0 radical (unpaired) electrons. The molecule has 4 rings (SSSR count). The van der Waals surface area contributed by atoms with Crippen LogP contribution in [0.3, 0.4) is 0 Å². The van der Waals surface area contributed by atoms with E-state index >= 15 is 4.39 Å². The minimum absolute atomic E-state index is 0.0744. The summed E-state index contributed by atoms with van der Waals surface area (Å²) in [6.07, 6.45) is -4.91. The zero-order valence-electron chi connectivity index (χ0n) is 18.0. The fourth-order valence-electron chi connectivity index (χ4n) is 3.70. The van der Waals surface area contributed by atoms with Crippen molar-refractivity contribution in [3.8, 4) is 5.75 Å². The molecule has 0 aromatic heterocycles. The SMILES string of the molecule is C[C@H](c1cccc(OC(F)(F)F)c1)c1c(F)ccc2c1NC(=NCc1cccc(F)c1)NS2(=O)=O. The molecule has 184 valence electrons. The fourth-order valence-corrected chi connectivity index (χ4v) is 4.86. The normalized spacial score (nSPS) is 16.7. The van der Waals surface area contributed by atoms with Gasteiger partial charge in [-0.05, 0) is 47.5 Å². The topological polar surface area (TPSA) is 79.8 Å². The number of aliphatic imine (C=N–C) groups is 1. The molecule has 35 heavy (non-hydrogen) atoms. The lowest BCUT2D eigenvalue weighted by atomic mass is 9.91. The van der Waals surface area contributed by atoms with Gasteiger partial charge >= 0.3 is 6.36 Å². The van der Waals surface area contributed by atoms with Crippen LogP contribution in [-0.2, 0) is 16.6 Å². The number of hydrogen-bond donors (Lipinski definition) is 2. The number of anilines is 1. The van der Waals surface area contributed by atoms with E-state index in [1.165, 1.54) is 37.3 Å². The highest BCUT2D eigenvalue weighted by atomic mass is 32.2. The zero-order valence-corrected chi connectivity index (χ0v) is 18.8. The molecule has 0 spiro atoms. The first-order chi connectivity index (χ1) is 16.4. The summed E-state index contributed by atoms with van der Waals surface area (Å²) in [4.78, 5) is 3.87. The highest BCUT2D eigenvalue weighted by Crippen LogP contribution is 2.39. The summed E-state index contributed by atoms with van der Waals surface area (Å²) < 4.78 is 98.2. The van der Waals surface area contributed by atoms with Crippen molar-refractivity contribution >= 4 is 21.7 Å². The van der Waals surface area contributed by atoms with Crippen LogP contribution in [0, 0.1) is 11.6 Å². The maximum atomic E-state index is 15.0. The van der Waals surface area contributed by atoms with Crippen molar-refractivity contribution in [2.45, 2.75) is 30.6 Å². The Morgan fingerprint density at radius 3 is 2.49 bits per heavy atom. The summed E-state index contributed by atoms with van der Waals surface area (Å²) in [5.74, 6) is -2.83. The second-order valence-electron chi connectivity index (χ2n) is 7.70. The molecule has 0 saturated carbocycles. The Bertz CT molecular complexity index is 1410. The third kappa shape index (κ3) is 5.53. The monoisotopic (exact) mass is 511 g/mol. The molecular formula is C23H18F5N3O3S. The lowest BCUT2D eigenvalue weighted by Gasteiger charge is -2.26. The molecule has 1 aliphatic rings. The van der Waals surface area contributed by atoms with Crippen molar-refractivity contribution in [3.05, 3.63) is 89.0 Å². The number of fused-ring (bicyclic) bond motifs is 1. The van der Waals surface area contributed by atoms with Crippen LogP contribution in [0.15, 0.2) is 70.6 Å². The van der Waals surface area contributed by atoms with Crippen molar-refractivity contribution in [1.82, 2.24) is 4.72 Å². The summed E-state index contributed by atoms with van der Waals surface area (Å²) >= 11 is 0. The van der Waals surface area contributed by atoms with Gasteiger partial charge in [-0.3, -0.25) is 0 Å². The van der Waals surface area contributed by atoms with Crippen molar-refractivity contribution in [2.24, 2.45) is 4.99 Å². The number of alkyl halides is 3. The number of rotatable bonds is 5. The quantitative estimate of drug-likeness (QED) is 0.457. The number of nitrogens with one attached hydrogen (secondary N) is 2. The van der Waals surface area contributed by atoms with E-state index in [-0.39, 0.29) is 34.2 Å². The Balaban J connectivity index is 1.73. The third-order valence-corrected chi connectivity index (χ3v) is 6.63. The van der Waals surface area contributed by atoms with Crippen LogP contribution in [-0.4, -0.2) is 20.7 Å². The van der Waals surface area contributed by atoms with Crippen LogP contribution in [0.1, 0.15) is 29.5 Å². The van der Waals surface area contributed by atoms with Crippen LogP contribution >= 0.6 is 0 Å². The van der Waals surface area contributed by atoms with E-state index in [1.54, 1.807) is 6.07 Å². The Morgan fingerprint density at radius 2 is 1.77 bits per heavy atom. The minimum Gasteiger partial charge on any atom is -0.406 e. The summed E-state index contributed by atoms with van der Waals surface area (Å²) in [6, 6.07) is 12.6. The average Bonchev–Trinajstić information content (AvgIpc) is 2.76. The largest absolute Gasteiger partial charge is 0.573 e. The van der Waals surface area contributed by atoms with Crippen molar-refractivity contribution in [1.29, 1.82) is 0 Å². The Labute approximate surface area is 197 Å². The summed E-state index contributed by atoms with van der Waals surface area (Å²) in [5, 5.41) is 2.77. The number of sulfonamides is 1. The summed E-state index contributed by atoms with van der Waals surface area (Å²) in [7, 11) is -4.15. The van der Waals surface area contributed by atoms with E-state index < -0.39 is 39.7 Å². The van der Waals surface area contributed by atoms with Gasteiger partial charge in [0.1, 0.15) is 22.3 Å². The molecule has 0 bridgehead atoms. The summed E-state index contributed by atoms with van der Waals surface area (Å²) in [5.41, 5.74) is 0.542. The molecule has 0 fully saturated rings. The van der Waals surface area contributed by atoms with Gasteiger partial charge in [-0.15, -0.1) is 13.2 Å². The van der Waals surface area contributed by atoms with Gasteiger partial charge in [0.2, 0.25) is 5.96 Å². The Morgan fingerprint density at radius 1 is 1.03 bits per heavy atom. The van der Waals surface area contributed by atoms with Gasteiger partial charge in [0.15, 0.2) is 0 Å². The predicted molar refractivity (Wildman–Crippen MR) is 119 cm³/mol. The predicted octanol–water partition coefficient (Wildman–Crippen LogP) is 5.28. The van der Waals surface area contributed by atoms with Crippen LogP contribution in [0.25, 0.3) is 0 Å². The van der Waals surface area contributed by atoms with Crippen LogP contribution in [0.4, 0.5) is 27.6 Å². The molecule has 12 heteroatoms. The van der Waals surface area contributed by atoms with E-state index in [4.69, 9.17) is 0 Å². The van der Waals surface area contributed by atoms with Gasteiger partial charge < -0.3 is 10.1 Å². The van der Waals surface area contributed by atoms with Crippen molar-refractivity contribution in [3.63, 3.8) is 0 Å². The van der Waals surface area contributed by atoms with E-state index in [9.17, 15) is 26.0 Å². The van der Waals surface area contributed by atoms with Crippen molar-refractivity contribution in [2.75, 3.05) is 5.32 Å². The van der Waals surface area contributed by atoms with Gasteiger partial charge in [-0.2, -0.15) is 0 Å². The van der Waals surface area contributed by atoms with E-state index in [1.807, 2.05) is 0 Å². The molecule has 3 aromatic carbocycles. The molecule has 0 unspecified atom stereocenters. The number of guanidine groups is 1. The average molecular weight is 511 g/mol. The van der Waals surface area contributed by atoms with Crippen LogP contribution in [0.5, 0.6) is 5.75 Å². The first kappa shape index (κ1) is 24.5. The van der Waals surface area contributed by atoms with Gasteiger partial charge in [0.05, 0.1) is 12.2 Å². The maximum absolute atomic E-state index is 15.0. The highest BCUT2D eigenvalue weighted by molar-refractivity contribution is 7.90. The van der Waals surface area contributed by atoms with E-state index in [0.717, 1.165) is 24.3 Å². The van der Waals surface area contributed by atoms with Crippen molar-refractivity contribution < 1.29 is 35.1 Å². The molecule has 1 atom stereocenters. The number of benzene rings is 3. The molecule has 2 N–H and O–H groups in total. The number of halogens is 5. The zero-order chi connectivity index (χ0) is 25.4. The second kappa shape index (κ2) is 9.17. The van der Waals surface area contributed by atoms with Gasteiger partial charge in [0.25, 0.3) is 10.0 Å². The van der Waals surface area contributed by atoms with Gasteiger partial charge in [-0.1, -0.05) is 31.2 Å². The minimum atomic E-state index is -4.91. The fraction of sp³-hybridized carbons (Fsp3) is 0.174. The van der Waals surface area contributed by atoms with Crippen LogP contribution in [0.2, 0.25) is 0 Å². The van der Waals surface area contributed by atoms with Gasteiger partial charge in [-0.25, -0.2) is 26.9 Å². The van der Waals surface area contributed by atoms with E-state index in [2.05, 4.69) is 19.8 Å². The molecule has 1 aliphatic heterocycles. The summed E-state index contributed by atoms with van der Waals surface area (Å²) in [6.45, 7) is 1.44. The lowest BCUT2D eigenvalue weighted by Crippen LogP contribution is -2.41. The molecular weight excluding hydrogens is 493 g/mol. The van der Waals surface area contributed by atoms with E-state index in [0.29, 0.717) is 5.56 Å². The number of hydrogen-bond acceptors (Lipinski definition) is 4. The molecule has 0 aliphatic carbocycles. The first-order valence-electron chi connectivity index (χ1n) is 10.2. The van der Waals surface area contributed by atoms with Crippen LogP contribution < -0.4 is 14.8 Å².